The Morgan fingerprint density at radius 1 is 1.33 bits per heavy atom. The minimum absolute atomic E-state index is 0.618. The van der Waals surface area contributed by atoms with Gasteiger partial charge in [0, 0.05) is 24.6 Å². The molecule has 0 aliphatic heterocycles. The molecule has 4 nitrogen and oxygen atoms in total. The smallest absolute Gasteiger partial charge is 0.127 e. The highest BCUT2D eigenvalue weighted by Gasteiger charge is 2.01. The van der Waals surface area contributed by atoms with E-state index in [-0.39, 0.29) is 0 Å². The summed E-state index contributed by atoms with van der Waals surface area (Å²) >= 11 is 0. The number of anilines is 1. The maximum atomic E-state index is 8.90. The van der Waals surface area contributed by atoms with Gasteiger partial charge < -0.3 is 5.32 Å². The van der Waals surface area contributed by atoms with Crippen molar-refractivity contribution in [3.8, 4) is 6.07 Å². The van der Waals surface area contributed by atoms with Gasteiger partial charge in [-0.3, -0.25) is 4.98 Å². The second-order valence-electron chi connectivity index (χ2n) is 4.15. The molecule has 4 heteroatoms. The number of pyridine rings is 2. The van der Waals surface area contributed by atoms with Crippen molar-refractivity contribution in [2.75, 3.05) is 5.32 Å². The zero-order chi connectivity index (χ0) is 13.0. The van der Waals surface area contributed by atoms with E-state index in [1.54, 1.807) is 18.3 Å². The first-order valence-electron chi connectivity index (χ1n) is 5.71. The SMILES string of the molecule is Cc1cc(C#N)cc(NCc2cnccc2C)n1. The predicted octanol–water partition coefficient (Wildman–Crippen LogP) is 2.58. The van der Waals surface area contributed by atoms with Gasteiger partial charge in [-0.1, -0.05) is 0 Å². The summed E-state index contributed by atoms with van der Waals surface area (Å²) in [6, 6.07) is 7.61. The van der Waals surface area contributed by atoms with E-state index in [2.05, 4.69) is 21.4 Å². The molecule has 0 aliphatic rings. The van der Waals surface area contributed by atoms with Crippen molar-refractivity contribution in [3.63, 3.8) is 0 Å². The summed E-state index contributed by atoms with van der Waals surface area (Å²) in [5.41, 5.74) is 3.76. The first kappa shape index (κ1) is 12.1. The molecule has 18 heavy (non-hydrogen) atoms. The highest BCUT2D eigenvalue weighted by atomic mass is 15.0. The first-order valence-corrected chi connectivity index (χ1v) is 5.71. The minimum atomic E-state index is 0.618. The molecule has 0 aromatic carbocycles. The van der Waals surface area contributed by atoms with Crippen LogP contribution in [0.25, 0.3) is 0 Å². The summed E-state index contributed by atoms with van der Waals surface area (Å²) in [5.74, 6) is 0.717. The number of rotatable bonds is 3. The lowest BCUT2D eigenvalue weighted by Gasteiger charge is -2.08. The zero-order valence-electron chi connectivity index (χ0n) is 10.4. The highest BCUT2D eigenvalue weighted by molar-refractivity contribution is 5.45. The lowest BCUT2D eigenvalue weighted by Crippen LogP contribution is -2.04. The third-order valence-electron chi connectivity index (χ3n) is 2.69. The van der Waals surface area contributed by atoms with Gasteiger partial charge in [-0.15, -0.1) is 0 Å². The Hall–Kier alpha value is -2.41. The molecule has 0 spiro atoms. The van der Waals surface area contributed by atoms with Gasteiger partial charge >= 0.3 is 0 Å². The van der Waals surface area contributed by atoms with Crippen LogP contribution in [0.15, 0.2) is 30.6 Å². The number of hydrogen-bond donors (Lipinski definition) is 1. The van der Waals surface area contributed by atoms with Crippen LogP contribution in [-0.2, 0) is 6.54 Å². The highest BCUT2D eigenvalue weighted by Crippen LogP contribution is 2.12. The van der Waals surface area contributed by atoms with Crippen LogP contribution in [0, 0.1) is 25.2 Å². The Kier molecular flexibility index (Phi) is 3.54. The van der Waals surface area contributed by atoms with Crippen LogP contribution in [0.3, 0.4) is 0 Å². The molecule has 0 amide bonds. The van der Waals surface area contributed by atoms with E-state index in [4.69, 9.17) is 5.26 Å². The summed E-state index contributed by atoms with van der Waals surface area (Å²) in [6.45, 7) is 4.57. The number of aromatic nitrogens is 2. The average Bonchev–Trinajstić information content (AvgIpc) is 2.37. The standard InChI is InChI=1S/C14H14N4/c1-10-3-4-16-8-13(10)9-17-14-6-12(7-15)5-11(2)18-14/h3-6,8H,9H2,1-2H3,(H,17,18). The Morgan fingerprint density at radius 3 is 2.89 bits per heavy atom. The van der Waals surface area contributed by atoms with Crippen LogP contribution in [0.1, 0.15) is 22.4 Å². The van der Waals surface area contributed by atoms with Crippen molar-refractivity contribution in [3.05, 3.63) is 53.0 Å². The van der Waals surface area contributed by atoms with Crippen LogP contribution in [0.5, 0.6) is 0 Å². The van der Waals surface area contributed by atoms with E-state index >= 15 is 0 Å². The van der Waals surface area contributed by atoms with Gasteiger partial charge in [-0.2, -0.15) is 5.26 Å². The number of nitrogens with one attached hydrogen (secondary N) is 1. The topological polar surface area (TPSA) is 61.6 Å². The molecule has 1 N–H and O–H groups in total. The van der Waals surface area contributed by atoms with Crippen molar-refractivity contribution < 1.29 is 0 Å². The van der Waals surface area contributed by atoms with Crippen LogP contribution in [0.4, 0.5) is 5.82 Å². The molecule has 0 unspecified atom stereocenters. The quantitative estimate of drug-likeness (QED) is 0.892. The zero-order valence-corrected chi connectivity index (χ0v) is 10.4. The van der Waals surface area contributed by atoms with E-state index in [0.29, 0.717) is 12.1 Å². The minimum Gasteiger partial charge on any atom is -0.366 e. The van der Waals surface area contributed by atoms with Crippen LogP contribution in [0.2, 0.25) is 0 Å². The van der Waals surface area contributed by atoms with E-state index in [0.717, 1.165) is 17.1 Å². The van der Waals surface area contributed by atoms with Gasteiger partial charge in [-0.05, 0) is 43.2 Å². The molecule has 0 radical (unpaired) electrons. The van der Waals surface area contributed by atoms with Gasteiger partial charge in [0.1, 0.15) is 5.82 Å². The molecule has 2 heterocycles. The van der Waals surface area contributed by atoms with Gasteiger partial charge in [0.15, 0.2) is 0 Å². The summed E-state index contributed by atoms with van der Waals surface area (Å²) in [5, 5.41) is 12.1. The number of aryl methyl sites for hydroxylation is 2. The fourth-order valence-electron chi connectivity index (χ4n) is 1.69. The summed E-state index contributed by atoms with van der Waals surface area (Å²) < 4.78 is 0. The van der Waals surface area contributed by atoms with Gasteiger partial charge in [0.2, 0.25) is 0 Å². The molecular formula is C14H14N4. The number of hydrogen-bond acceptors (Lipinski definition) is 4. The molecular weight excluding hydrogens is 224 g/mol. The Bertz CT molecular complexity index is 599. The van der Waals surface area contributed by atoms with E-state index in [1.165, 1.54) is 5.56 Å². The lowest BCUT2D eigenvalue weighted by atomic mass is 10.1. The van der Waals surface area contributed by atoms with E-state index < -0.39 is 0 Å². The normalized spacial score (nSPS) is 9.83. The van der Waals surface area contributed by atoms with Crippen LogP contribution >= 0.6 is 0 Å². The Labute approximate surface area is 106 Å². The maximum absolute atomic E-state index is 8.90. The molecule has 0 saturated heterocycles. The van der Waals surface area contributed by atoms with Gasteiger partial charge in [-0.25, -0.2) is 4.98 Å². The Morgan fingerprint density at radius 2 is 2.17 bits per heavy atom. The largest absolute Gasteiger partial charge is 0.366 e. The number of nitrogens with zero attached hydrogens (tertiary/aromatic N) is 3. The lowest BCUT2D eigenvalue weighted by molar-refractivity contribution is 1.05. The van der Waals surface area contributed by atoms with Crippen molar-refractivity contribution in [2.24, 2.45) is 0 Å². The molecule has 90 valence electrons. The van der Waals surface area contributed by atoms with Gasteiger partial charge in [0.05, 0.1) is 11.6 Å². The molecule has 0 saturated carbocycles. The second-order valence-corrected chi connectivity index (χ2v) is 4.15. The summed E-state index contributed by atoms with van der Waals surface area (Å²) in [6.07, 6.45) is 3.61. The molecule has 2 aromatic heterocycles. The number of nitriles is 1. The second kappa shape index (κ2) is 5.28. The van der Waals surface area contributed by atoms with Crippen molar-refractivity contribution >= 4 is 5.82 Å². The Balaban J connectivity index is 2.14. The first-order chi connectivity index (χ1) is 8.69. The van der Waals surface area contributed by atoms with Gasteiger partial charge in [0.25, 0.3) is 0 Å². The molecule has 0 fully saturated rings. The van der Waals surface area contributed by atoms with E-state index in [9.17, 15) is 0 Å². The van der Waals surface area contributed by atoms with Crippen LogP contribution < -0.4 is 5.32 Å². The molecule has 2 rings (SSSR count). The maximum Gasteiger partial charge on any atom is 0.127 e. The fourth-order valence-corrected chi connectivity index (χ4v) is 1.69. The third-order valence-corrected chi connectivity index (χ3v) is 2.69. The van der Waals surface area contributed by atoms with Crippen molar-refractivity contribution in [1.29, 1.82) is 5.26 Å². The van der Waals surface area contributed by atoms with Crippen molar-refractivity contribution in [2.45, 2.75) is 20.4 Å². The molecule has 0 bridgehead atoms. The van der Waals surface area contributed by atoms with Crippen LogP contribution in [-0.4, -0.2) is 9.97 Å². The van der Waals surface area contributed by atoms with E-state index in [1.807, 2.05) is 26.1 Å². The predicted molar refractivity (Wildman–Crippen MR) is 70.0 cm³/mol. The molecule has 0 aliphatic carbocycles. The van der Waals surface area contributed by atoms with Crippen molar-refractivity contribution in [1.82, 2.24) is 9.97 Å². The summed E-state index contributed by atoms with van der Waals surface area (Å²) in [7, 11) is 0. The molecule has 2 aromatic rings. The summed E-state index contributed by atoms with van der Waals surface area (Å²) in [4.78, 5) is 8.44. The average molecular weight is 238 g/mol. The monoisotopic (exact) mass is 238 g/mol. The fraction of sp³-hybridized carbons (Fsp3) is 0.214. The molecule has 0 atom stereocenters. The third kappa shape index (κ3) is 2.83.